The number of carbonyl (C=O) groups excluding carboxylic acids is 1. The first-order chi connectivity index (χ1) is 9.00. The first-order valence-corrected chi connectivity index (χ1v) is 6.57. The van der Waals surface area contributed by atoms with Gasteiger partial charge in [0.2, 0.25) is 0 Å². The lowest BCUT2D eigenvalue weighted by Crippen LogP contribution is -2.41. The van der Waals surface area contributed by atoms with Crippen LogP contribution in [0.25, 0.3) is 0 Å². The number of aryl methyl sites for hydroxylation is 1. The highest BCUT2D eigenvalue weighted by Gasteiger charge is 2.21. The fraction of sp³-hybridized carbons (Fsp3) is 0.533. The highest BCUT2D eigenvalue weighted by molar-refractivity contribution is 5.95. The standard InChI is InChI=1S/C15H23NO3/c1-4-12-7-5-6-8-13(12)14(17)16-11-15(2,18)9-10-19-3/h5-8,18H,4,9-11H2,1-3H3,(H,16,17). The molecule has 0 radical (unpaired) electrons. The Hall–Kier alpha value is -1.39. The minimum Gasteiger partial charge on any atom is -0.388 e. The third kappa shape index (κ3) is 5.01. The lowest BCUT2D eigenvalue weighted by molar-refractivity contribution is 0.0243. The molecule has 1 aromatic carbocycles. The van der Waals surface area contributed by atoms with Crippen LogP contribution in [0.5, 0.6) is 0 Å². The molecule has 0 saturated heterocycles. The van der Waals surface area contributed by atoms with Gasteiger partial charge in [0.1, 0.15) is 0 Å². The zero-order valence-corrected chi connectivity index (χ0v) is 11.9. The summed E-state index contributed by atoms with van der Waals surface area (Å²) < 4.78 is 4.93. The molecule has 1 aromatic rings. The first kappa shape index (κ1) is 15.7. The third-order valence-corrected chi connectivity index (χ3v) is 3.12. The highest BCUT2D eigenvalue weighted by Crippen LogP contribution is 2.11. The summed E-state index contributed by atoms with van der Waals surface area (Å²) in [4.78, 5) is 12.1. The van der Waals surface area contributed by atoms with Crippen molar-refractivity contribution in [2.24, 2.45) is 0 Å². The van der Waals surface area contributed by atoms with Crippen LogP contribution in [0, 0.1) is 0 Å². The van der Waals surface area contributed by atoms with Crippen LogP contribution < -0.4 is 5.32 Å². The number of carbonyl (C=O) groups is 1. The summed E-state index contributed by atoms with van der Waals surface area (Å²) in [6, 6.07) is 7.51. The molecule has 2 N–H and O–H groups in total. The fourth-order valence-electron chi connectivity index (χ4n) is 1.83. The number of aliphatic hydroxyl groups is 1. The van der Waals surface area contributed by atoms with E-state index in [1.165, 1.54) is 0 Å². The zero-order chi connectivity index (χ0) is 14.3. The Kier molecular flexibility index (Phi) is 5.99. The molecule has 0 aliphatic heterocycles. The van der Waals surface area contributed by atoms with Gasteiger partial charge < -0.3 is 15.2 Å². The van der Waals surface area contributed by atoms with Crippen LogP contribution in [0.3, 0.4) is 0 Å². The fourth-order valence-corrected chi connectivity index (χ4v) is 1.83. The first-order valence-electron chi connectivity index (χ1n) is 6.57. The maximum Gasteiger partial charge on any atom is 0.251 e. The van der Waals surface area contributed by atoms with Crippen molar-refractivity contribution >= 4 is 5.91 Å². The summed E-state index contributed by atoms with van der Waals surface area (Å²) in [6.07, 6.45) is 1.29. The molecule has 1 rings (SSSR count). The molecular weight excluding hydrogens is 242 g/mol. The second-order valence-corrected chi connectivity index (χ2v) is 4.93. The number of ether oxygens (including phenoxy) is 1. The molecule has 0 aliphatic rings. The minimum atomic E-state index is -0.952. The molecule has 0 heterocycles. The van der Waals surface area contributed by atoms with Gasteiger partial charge in [-0.25, -0.2) is 0 Å². The zero-order valence-electron chi connectivity index (χ0n) is 11.9. The Balaban J connectivity index is 2.60. The Bertz CT molecular complexity index is 416. The van der Waals surface area contributed by atoms with E-state index in [0.29, 0.717) is 18.6 Å². The lowest BCUT2D eigenvalue weighted by Gasteiger charge is -2.23. The van der Waals surface area contributed by atoms with Crippen LogP contribution in [-0.2, 0) is 11.2 Å². The quantitative estimate of drug-likeness (QED) is 0.790. The second kappa shape index (κ2) is 7.26. The second-order valence-electron chi connectivity index (χ2n) is 4.93. The average molecular weight is 265 g/mol. The van der Waals surface area contributed by atoms with Crippen LogP contribution >= 0.6 is 0 Å². The topological polar surface area (TPSA) is 58.6 Å². The van der Waals surface area contributed by atoms with Crippen LogP contribution in [0.2, 0.25) is 0 Å². The van der Waals surface area contributed by atoms with Crippen molar-refractivity contribution in [2.75, 3.05) is 20.3 Å². The van der Waals surface area contributed by atoms with Gasteiger partial charge >= 0.3 is 0 Å². The molecule has 0 saturated carbocycles. The van der Waals surface area contributed by atoms with Gasteiger partial charge in [0.25, 0.3) is 5.91 Å². The number of hydrogen-bond donors (Lipinski definition) is 2. The van der Waals surface area contributed by atoms with Gasteiger partial charge in [-0.05, 0) is 25.0 Å². The van der Waals surface area contributed by atoms with Gasteiger partial charge in [0.15, 0.2) is 0 Å². The molecule has 1 amide bonds. The SMILES string of the molecule is CCc1ccccc1C(=O)NCC(C)(O)CCOC. The molecule has 1 atom stereocenters. The molecule has 0 bridgehead atoms. The maximum atomic E-state index is 12.1. The van der Waals surface area contributed by atoms with Crippen molar-refractivity contribution in [3.63, 3.8) is 0 Å². The normalized spacial score (nSPS) is 13.9. The van der Waals surface area contributed by atoms with E-state index in [1.54, 1.807) is 20.1 Å². The van der Waals surface area contributed by atoms with Crippen LogP contribution in [0.1, 0.15) is 36.2 Å². The number of benzene rings is 1. The molecule has 19 heavy (non-hydrogen) atoms. The Labute approximate surface area is 114 Å². The smallest absolute Gasteiger partial charge is 0.251 e. The van der Waals surface area contributed by atoms with Gasteiger partial charge in [-0.3, -0.25) is 4.79 Å². The number of rotatable bonds is 7. The van der Waals surface area contributed by atoms with E-state index in [9.17, 15) is 9.90 Å². The highest BCUT2D eigenvalue weighted by atomic mass is 16.5. The molecule has 106 valence electrons. The van der Waals surface area contributed by atoms with E-state index in [-0.39, 0.29) is 12.5 Å². The van der Waals surface area contributed by atoms with Crippen molar-refractivity contribution < 1.29 is 14.6 Å². The molecule has 0 aromatic heterocycles. The minimum absolute atomic E-state index is 0.143. The number of nitrogens with one attached hydrogen (secondary N) is 1. The molecule has 0 aliphatic carbocycles. The molecule has 4 nitrogen and oxygen atoms in total. The number of hydrogen-bond acceptors (Lipinski definition) is 3. The van der Waals surface area contributed by atoms with E-state index in [1.807, 2.05) is 25.1 Å². The van der Waals surface area contributed by atoms with E-state index in [2.05, 4.69) is 5.32 Å². The van der Waals surface area contributed by atoms with Crippen LogP contribution in [-0.4, -0.2) is 36.9 Å². The molecule has 0 fully saturated rings. The Morgan fingerprint density at radius 3 is 2.74 bits per heavy atom. The molecule has 1 unspecified atom stereocenters. The molecule has 0 spiro atoms. The molecule has 4 heteroatoms. The number of amides is 1. The maximum absolute atomic E-state index is 12.1. The van der Waals surface area contributed by atoms with Crippen molar-refractivity contribution in [3.05, 3.63) is 35.4 Å². The van der Waals surface area contributed by atoms with Crippen molar-refractivity contribution in [1.29, 1.82) is 0 Å². The number of methoxy groups -OCH3 is 1. The van der Waals surface area contributed by atoms with E-state index in [4.69, 9.17) is 4.74 Å². The van der Waals surface area contributed by atoms with Crippen LogP contribution in [0.15, 0.2) is 24.3 Å². The summed E-state index contributed by atoms with van der Waals surface area (Å²) in [5.41, 5.74) is 0.733. The van der Waals surface area contributed by atoms with E-state index in [0.717, 1.165) is 12.0 Å². The van der Waals surface area contributed by atoms with Crippen LogP contribution in [0.4, 0.5) is 0 Å². The monoisotopic (exact) mass is 265 g/mol. The largest absolute Gasteiger partial charge is 0.388 e. The Morgan fingerprint density at radius 2 is 2.11 bits per heavy atom. The van der Waals surface area contributed by atoms with Crippen molar-refractivity contribution in [1.82, 2.24) is 5.32 Å². The van der Waals surface area contributed by atoms with Gasteiger partial charge in [0.05, 0.1) is 5.60 Å². The predicted octanol–water partition coefficient (Wildman–Crippen LogP) is 1.77. The summed E-state index contributed by atoms with van der Waals surface area (Å²) in [5, 5.41) is 12.9. The lowest BCUT2D eigenvalue weighted by atomic mass is 10.0. The van der Waals surface area contributed by atoms with Gasteiger partial charge in [0, 0.05) is 32.2 Å². The average Bonchev–Trinajstić information content (AvgIpc) is 2.42. The third-order valence-electron chi connectivity index (χ3n) is 3.12. The van der Waals surface area contributed by atoms with Gasteiger partial charge in [-0.15, -0.1) is 0 Å². The van der Waals surface area contributed by atoms with Gasteiger partial charge in [-0.1, -0.05) is 25.1 Å². The van der Waals surface area contributed by atoms with Crippen molar-refractivity contribution in [3.8, 4) is 0 Å². The van der Waals surface area contributed by atoms with Gasteiger partial charge in [-0.2, -0.15) is 0 Å². The summed E-state index contributed by atoms with van der Waals surface area (Å²) >= 11 is 0. The molecular formula is C15H23NO3. The predicted molar refractivity (Wildman–Crippen MR) is 75.3 cm³/mol. The summed E-state index contributed by atoms with van der Waals surface area (Å²) in [7, 11) is 1.59. The summed E-state index contributed by atoms with van der Waals surface area (Å²) in [5.74, 6) is -0.143. The van der Waals surface area contributed by atoms with Crippen molar-refractivity contribution in [2.45, 2.75) is 32.3 Å². The Morgan fingerprint density at radius 1 is 1.42 bits per heavy atom. The summed E-state index contributed by atoms with van der Waals surface area (Å²) in [6.45, 7) is 4.39. The van der Waals surface area contributed by atoms with E-state index < -0.39 is 5.60 Å². The van der Waals surface area contributed by atoms with E-state index >= 15 is 0 Å².